The average Bonchev–Trinajstić information content (AvgIpc) is 2.41. The molecule has 2 rings (SSSR count). The van der Waals surface area contributed by atoms with E-state index in [1.54, 1.807) is 0 Å². The monoisotopic (exact) mass is 267 g/mol. The molecule has 0 bridgehead atoms. The molecule has 0 aromatic carbocycles. The molecule has 4 heteroatoms. The highest BCUT2D eigenvalue weighted by Gasteiger charge is 2.35. The third kappa shape index (κ3) is 3.62. The zero-order valence-electron chi connectivity index (χ0n) is 12.4. The van der Waals surface area contributed by atoms with Crippen LogP contribution in [0.1, 0.15) is 52.4 Å². The Bertz CT molecular complexity index is 323. The number of hydrogen-bond acceptors (Lipinski definition) is 2. The van der Waals surface area contributed by atoms with Gasteiger partial charge < -0.3 is 15.7 Å². The van der Waals surface area contributed by atoms with Crippen molar-refractivity contribution in [3.05, 3.63) is 0 Å². The lowest BCUT2D eigenvalue weighted by atomic mass is 9.73. The van der Waals surface area contributed by atoms with Gasteiger partial charge in [-0.25, -0.2) is 0 Å². The van der Waals surface area contributed by atoms with Crippen LogP contribution in [-0.4, -0.2) is 41.7 Å². The standard InChI is InChI=1S/C15H29N3O/c1-12-6-9-18(10-7-12)14(16)17-11-15(2)8-4-3-5-13(15)19/h12-13,19H,3-11H2,1-2H3,(H2,16,17). The Kier molecular flexibility index (Phi) is 4.71. The van der Waals surface area contributed by atoms with E-state index in [0.29, 0.717) is 12.5 Å². The van der Waals surface area contributed by atoms with Crippen LogP contribution in [0.3, 0.4) is 0 Å². The molecular weight excluding hydrogens is 238 g/mol. The lowest BCUT2D eigenvalue weighted by Gasteiger charge is -2.38. The van der Waals surface area contributed by atoms with Gasteiger partial charge in [0.05, 0.1) is 12.6 Å². The van der Waals surface area contributed by atoms with E-state index in [1.807, 2.05) is 0 Å². The smallest absolute Gasteiger partial charge is 0.191 e. The fourth-order valence-corrected chi connectivity index (χ4v) is 3.17. The molecular formula is C15H29N3O. The summed E-state index contributed by atoms with van der Waals surface area (Å²) in [5.74, 6) is 1.48. The summed E-state index contributed by atoms with van der Waals surface area (Å²) in [6.07, 6.45) is 6.49. The molecule has 3 N–H and O–H groups in total. The van der Waals surface area contributed by atoms with Gasteiger partial charge in [0.15, 0.2) is 5.96 Å². The Morgan fingerprint density at radius 1 is 1.32 bits per heavy atom. The summed E-state index contributed by atoms with van der Waals surface area (Å²) in [6, 6.07) is 0. The van der Waals surface area contributed by atoms with Crippen molar-refractivity contribution in [3.8, 4) is 0 Å². The third-order valence-electron chi connectivity index (χ3n) is 4.99. The summed E-state index contributed by atoms with van der Waals surface area (Å²) < 4.78 is 0. The van der Waals surface area contributed by atoms with Gasteiger partial charge in [0.1, 0.15) is 0 Å². The summed E-state index contributed by atoms with van der Waals surface area (Å²) in [5, 5.41) is 10.2. The van der Waals surface area contributed by atoms with Crippen LogP contribution < -0.4 is 5.73 Å². The Balaban J connectivity index is 1.90. The van der Waals surface area contributed by atoms with E-state index in [-0.39, 0.29) is 11.5 Å². The number of nitrogens with two attached hydrogens (primary N) is 1. The summed E-state index contributed by atoms with van der Waals surface area (Å²) in [7, 11) is 0. The number of guanidine groups is 1. The van der Waals surface area contributed by atoms with E-state index in [4.69, 9.17) is 5.73 Å². The molecule has 0 aromatic rings. The molecule has 1 aliphatic heterocycles. The molecule has 2 unspecified atom stereocenters. The van der Waals surface area contributed by atoms with E-state index in [0.717, 1.165) is 38.3 Å². The highest BCUT2D eigenvalue weighted by molar-refractivity contribution is 5.78. The summed E-state index contributed by atoms with van der Waals surface area (Å²) in [6.45, 7) is 7.15. The van der Waals surface area contributed by atoms with Crippen LogP contribution in [0.25, 0.3) is 0 Å². The first-order chi connectivity index (χ1) is 9.01. The molecule has 0 amide bonds. The number of nitrogens with zero attached hydrogens (tertiary/aromatic N) is 2. The maximum atomic E-state index is 10.2. The van der Waals surface area contributed by atoms with Crippen molar-refractivity contribution in [3.63, 3.8) is 0 Å². The zero-order valence-corrected chi connectivity index (χ0v) is 12.4. The fourth-order valence-electron chi connectivity index (χ4n) is 3.17. The summed E-state index contributed by atoms with van der Waals surface area (Å²) in [5.41, 5.74) is 6.03. The number of piperidine rings is 1. The molecule has 2 atom stereocenters. The van der Waals surface area contributed by atoms with E-state index in [2.05, 4.69) is 23.7 Å². The Morgan fingerprint density at radius 3 is 2.63 bits per heavy atom. The third-order valence-corrected chi connectivity index (χ3v) is 4.99. The fraction of sp³-hybridized carbons (Fsp3) is 0.933. The van der Waals surface area contributed by atoms with Gasteiger partial charge in [-0.1, -0.05) is 26.7 Å². The lowest BCUT2D eigenvalue weighted by molar-refractivity contribution is 0.00705. The number of aliphatic imine (C=N–C) groups is 1. The highest BCUT2D eigenvalue weighted by Crippen LogP contribution is 2.36. The van der Waals surface area contributed by atoms with Crippen molar-refractivity contribution in [2.24, 2.45) is 22.1 Å². The predicted octanol–water partition coefficient (Wildman–Crippen LogP) is 1.97. The number of aliphatic hydroxyl groups excluding tert-OH is 1. The first-order valence-electron chi connectivity index (χ1n) is 7.74. The van der Waals surface area contributed by atoms with Gasteiger partial charge in [0.2, 0.25) is 0 Å². The van der Waals surface area contributed by atoms with Crippen molar-refractivity contribution in [2.75, 3.05) is 19.6 Å². The Morgan fingerprint density at radius 2 is 2.00 bits per heavy atom. The van der Waals surface area contributed by atoms with Gasteiger partial charge in [0, 0.05) is 18.5 Å². The SMILES string of the molecule is CC1CCN(C(N)=NCC2(C)CCCCC2O)CC1. The molecule has 2 aliphatic rings. The molecule has 2 fully saturated rings. The zero-order chi connectivity index (χ0) is 13.9. The van der Waals surface area contributed by atoms with Crippen molar-refractivity contribution >= 4 is 5.96 Å². The maximum Gasteiger partial charge on any atom is 0.191 e. The number of rotatable bonds is 2. The highest BCUT2D eigenvalue weighted by atomic mass is 16.3. The molecule has 1 saturated carbocycles. The van der Waals surface area contributed by atoms with Gasteiger partial charge in [-0.2, -0.15) is 0 Å². The van der Waals surface area contributed by atoms with E-state index >= 15 is 0 Å². The quantitative estimate of drug-likeness (QED) is 0.594. The largest absolute Gasteiger partial charge is 0.392 e. The van der Waals surface area contributed by atoms with E-state index in [9.17, 15) is 5.11 Å². The topological polar surface area (TPSA) is 61.8 Å². The minimum Gasteiger partial charge on any atom is -0.392 e. The molecule has 0 aromatic heterocycles. The van der Waals surface area contributed by atoms with Gasteiger partial charge in [-0.3, -0.25) is 4.99 Å². The van der Waals surface area contributed by atoms with Crippen LogP contribution in [0.15, 0.2) is 4.99 Å². The normalized spacial score (nSPS) is 34.6. The van der Waals surface area contributed by atoms with Crippen molar-refractivity contribution < 1.29 is 5.11 Å². The molecule has 19 heavy (non-hydrogen) atoms. The average molecular weight is 267 g/mol. The first kappa shape index (κ1) is 14.6. The second-order valence-electron chi connectivity index (χ2n) is 6.76. The van der Waals surface area contributed by atoms with Gasteiger partial charge in [0.25, 0.3) is 0 Å². The molecule has 4 nitrogen and oxygen atoms in total. The minimum absolute atomic E-state index is 0.0774. The van der Waals surface area contributed by atoms with Crippen molar-refractivity contribution in [1.82, 2.24) is 4.90 Å². The van der Waals surface area contributed by atoms with E-state index < -0.39 is 0 Å². The van der Waals surface area contributed by atoms with Crippen LogP contribution in [0.2, 0.25) is 0 Å². The van der Waals surface area contributed by atoms with Crippen LogP contribution in [-0.2, 0) is 0 Å². The minimum atomic E-state index is -0.223. The molecule has 110 valence electrons. The molecule has 1 aliphatic carbocycles. The molecule has 0 spiro atoms. The Labute approximate surface area is 117 Å². The predicted molar refractivity (Wildman–Crippen MR) is 79.0 cm³/mol. The lowest BCUT2D eigenvalue weighted by Crippen LogP contribution is -2.44. The molecule has 1 heterocycles. The van der Waals surface area contributed by atoms with Crippen molar-refractivity contribution in [2.45, 2.75) is 58.5 Å². The second-order valence-corrected chi connectivity index (χ2v) is 6.76. The molecule has 0 radical (unpaired) electrons. The van der Waals surface area contributed by atoms with Crippen molar-refractivity contribution in [1.29, 1.82) is 0 Å². The van der Waals surface area contributed by atoms with Crippen LogP contribution in [0.5, 0.6) is 0 Å². The Hall–Kier alpha value is -0.770. The van der Waals surface area contributed by atoms with Crippen LogP contribution in [0.4, 0.5) is 0 Å². The van der Waals surface area contributed by atoms with Gasteiger partial charge >= 0.3 is 0 Å². The van der Waals surface area contributed by atoms with Crippen LogP contribution >= 0.6 is 0 Å². The molecule has 1 saturated heterocycles. The number of likely N-dealkylation sites (tertiary alicyclic amines) is 1. The maximum absolute atomic E-state index is 10.2. The summed E-state index contributed by atoms with van der Waals surface area (Å²) in [4.78, 5) is 6.77. The number of aliphatic hydroxyl groups is 1. The van der Waals surface area contributed by atoms with Gasteiger partial charge in [-0.15, -0.1) is 0 Å². The summed E-state index contributed by atoms with van der Waals surface area (Å²) >= 11 is 0. The first-order valence-corrected chi connectivity index (χ1v) is 7.74. The van der Waals surface area contributed by atoms with Crippen LogP contribution in [0, 0.1) is 11.3 Å². The number of hydrogen-bond donors (Lipinski definition) is 2. The van der Waals surface area contributed by atoms with Gasteiger partial charge in [-0.05, 0) is 31.6 Å². The second kappa shape index (κ2) is 6.12. The van der Waals surface area contributed by atoms with E-state index in [1.165, 1.54) is 19.3 Å².